The first kappa shape index (κ1) is 19.9. The maximum atomic E-state index is 5.15. The molecule has 4 aromatic heterocycles. The molecule has 38 heavy (non-hydrogen) atoms. The van der Waals surface area contributed by atoms with Crippen LogP contribution in [-0.4, -0.2) is 18.9 Å². The highest BCUT2D eigenvalue weighted by Gasteiger charge is 2.26. The lowest BCUT2D eigenvalue weighted by molar-refractivity contribution is 1.09. The van der Waals surface area contributed by atoms with Crippen LogP contribution < -0.4 is 0 Å². The van der Waals surface area contributed by atoms with Gasteiger partial charge in [-0.3, -0.25) is 0 Å². The number of nitrogens with zero attached hydrogens (tertiary/aromatic N) is 4. The average Bonchev–Trinajstić information content (AvgIpc) is 3.63. The molecule has 0 N–H and O–H groups in total. The van der Waals surface area contributed by atoms with E-state index in [-0.39, 0.29) is 0 Å². The number of para-hydroxylation sites is 1. The quantitative estimate of drug-likeness (QED) is 0.253. The summed E-state index contributed by atoms with van der Waals surface area (Å²) in [5, 5.41) is 5.18. The standard InChI is InChI=1S/C34H20N4/c1-3-10-21(11-4-1)32-29(20-35-34(36-32)22-12-5-2-6-13-22)37-26-16-9-17-27-30(26)31-28(37)19-18-24-23-14-7-8-15-25(23)38(27)33(24)31/h1-20H. The molecule has 0 saturated carbocycles. The molecular formula is C34H20N4. The lowest BCUT2D eigenvalue weighted by atomic mass is 10.1. The van der Waals surface area contributed by atoms with Crippen LogP contribution in [0.3, 0.4) is 0 Å². The molecule has 0 amide bonds. The molecule has 176 valence electrons. The van der Waals surface area contributed by atoms with Crippen molar-refractivity contribution >= 4 is 49.1 Å². The van der Waals surface area contributed by atoms with Crippen molar-refractivity contribution in [2.75, 3.05) is 0 Å². The second-order valence-corrected chi connectivity index (χ2v) is 9.87. The van der Waals surface area contributed by atoms with E-state index in [1.807, 2.05) is 30.5 Å². The summed E-state index contributed by atoms with van der Waals surface area (Å²) in [5.41, 5.74) is 10.1. The van der Waals surface area contributed by atoms with Crippen LogP contribution in [0.15, 0.2) is 121 Å². The Labute approximate surface area is 217 Å². The average molecular weight is 485 g/mol. The molecule has 4 heterocycles. The van der Waals surface area contributed by atoms with Crippen LogP contribution in [0.5, 0.6) is 0 Å². The monoisotopic (exact) mass is 484 g/mol. The number of rotatable bonds is 3. The van der Waals surface area contributed by atoms with Gasteiger partial charge in [0.25, 0.3) is 0 Å². The molecule has 0 atom stereocenters. The highest BCUT2D eigenvalue weighted by atomic mass is 15.1. The van der Waals surface area contributed by atoms with Gasteiger partial charge in [0.15, 0.2) is 5.82 Å². The van der Waals surface area contributed by atoms with E-state index in [4.69, 9.17) is 9.97 Å². The van der Waals surface area contributed by atoms with E-state index >= 15 is 0 Å². The van der Waals surface area contributed by atoms with E-state index in [1.165, 1.54) is 49.1 Å². The first-order valence-electron chi connectivity index (χ1n) is 12.9. The van der Waals surface area contributed by atoms with Gasteiger partial charge < -0.3 is 8.97 Å². The van der Waals surface area contributed by atoms with E-state index in [0.29, 0.717) is 0 Å². The van der Waals surface area contributed by atoms with Crippen molar-refractivity contribution in [3.05, 3.63) is 121 Å². The van der Waals surface area contributed by atoms with Gasteiger partial charge in [-0.15, -0.1) is 0 Å². The first-order valence-corrected chi connectivity index (χ1v) is 12.9. The summed E-state index contributed by atoms with van der Waals surface area (Å²) in [6.07, 6.45) is 1.99. The van der Waals surface area contributed by atoms with Gasteiger partial charge in [0, 0.05) is 32.7 Å². The zero-order chi connectivity index (χ0) is 24.8. The van der Waals surface area contributed by atoms with Gasteiger partial charge in [0.2, 0.25) is 0 Å². The Morgan fingerprint density at radius 2 is 1.18 bits per heavy atom. The third-order valence-electron chi connectivity index (χ3n) is 7.90. The SMILES string of the molecule is c1ccc(-c2ncc(-n3c4cccc5c4c4c3ccc3c6ccccc6n5c34)c(-c3ccccc3)n2)cc1. The fourth-order valence-corrected chi connectivity index (χ4v) is 6.35. The smallest absolute Gasteiger partial charge is 0.159 e. The summed E-state index contributed by atoms with van der Waals surface area (Å²) in [7, 11) is 0. The molecule has 0 unspecified atom stereocenters. The highest BCUT2D eigenvalue weighted by molar-refractivity contribution is 6.32. The van der Waals surface area contributed by atoms with E-state index in [2.05, 4.69) is 100.0 Å². The Morgan fingerprint density at radius 3 is 2.03 bits per heavy atom. The Morgan fingerprint density at radius 1 is 0.500 bits per heavy atom. The van der Waals surface area contributed by atoms with Crippen molar-refractivity contribution < 1.29 is 0 Å². The molecule has 0 bridgehead atoms. The molecule has 0 aliphatic carbocycles. The molecule has 9 rings (SSSR count). The number of hydrogen-bond acceptors (Lipinski definition) is 2. The van der Waals surface area contributed by atoms with Crippen LogP contribution in [-0.2, 0) is 0 Å². The summed E-state index contributed by atoms with van der Waals surface area (Å²) in [6.45, 7) is 0. The van der Waals surface area contributed by atoms with Gasteiger partial charge in [-0.2, -0.15) is 0 Å². The van der Waals surface area contributed by atoms with Crippen molar-refractivity contribution in [2.45, 2.75) is 0 Å². The van der Waals surface area contributed by atoms with E-state index in [1.54, 1.807) is 0 Å². The molecule has 0 saturated heterocycles. The Bertz CT molecular complexity index is 2270. The third kappa shape index (κ3) is 2.44. The minimum atomic E-state index is 0.726. The van der Waals surface area contributed by atoms with Crippen molar-refractivity contribution in [3.63, 3.8) is 0 Å². The summed E-state index contributed by atoms with van der Waals surface area (Å²) in [6, 6.07) is 40.5. The van der Waals surface area contributed by atoms with E-state index in [0.717, 1.165) is 28.3 Å². The molecule has 0 spiro atoms. The van der Waals surface area contributed by atoms with Crippen LogP contribution in [0.2, 0.25) is 0 Å². The predicted molar refractivity (Wildman–Crippen MR) is 156 cm³/mol. The van der Waals surface area contributed by atoms with Gasteiger partial charge in [0.1, 0.15) is 0 Å². The fraction of sp³-hybridized carbons (Fsp3) is 0. The summed E-state index contributed by atoms with van der Waals surface area (Å²) < 4.78 is 4.79. The predicted octanol–water partition coefficient (Wildman–Crippen LogP) is 8.34. The fourth-order valence-electron chi connectivity index (χ4n) is 6.35. The van der Waals surface area contributed by atoms with Gasteiger partial charge >= 0.3 is 0 Å². The largest absolute Gasteiger partial charge is 0.308 e. The van der Waals surface area contributed by atoms with Crippen LogP contribution >= 0.6 is 0 Å². The van der Waals surface area contributed by atoms with Crippen LogP contribution in [0.25, 0.3) is 77.5 Å². The zero-order valence-electron chi connectivity index (χ0n) is 20.3. The number of hydrogen-bond donors (Lipinski definition) is 0. The molecule has 5 aromatic carbocycles. The number of fused-ring (bicyclic) bond motifs is 4. The molecule has 0 aliphatic rings. The zero-order valence-corrected chi connectivity index (χ0v) is 20.3. The van der Waals surface area contributed by atoms with Crippen LogP contribution in [0, 0.1) is 0 Å². The van der Waals surface area contributed by atoms with Crippen molar-refractivity contribution in [1.29, 1.82) is 0 Å². The Balaban J connectivity index is 1.43. The number of benzene rings is 5. The molecule has 0 radical (unpaired) electrons. The Hall–Kier alpha value is -5.22. The van der Waals surface area contributed by atoms with Gasteiger partial charge in [-0.1, -0.05) is 91.0 Å². The van der Waals surface area contributed by atoms with Gasteiger partial charge in [-0.25, -0.2) is 9.97 Å². The first-order chi connectivity index (χ1) is 18.9. The summed E-state index contributed by atoms with van der Waals surface area (Å²) in [4.78, 5) is 10.0. The van der Waals surface area contributed by atoms with Crippen molar-refractivity contribution in [1.82, 2.24) is 18.9 Å². The lowest BCUT2D eigenvalue weighted by Crippen LogP contribution is -2.03. The summed E-state index contributed by atoms with van der Waals surface area (Å²) in [5.74, 6) is 0.726. The molecule has 4 heteroatoms. The van der Waals surface area contributed by atoms with Crippen LogP contribution in [0.1, 0.15) is 0 Å². The van der Waals surface area contributed by atoms with E-state index < -0.39 is 0 Å². The topological polar surface area (TPSA) is 35.1 Å². The molecular weight excluding hydrogens is 464 g/mol. The van der Waals surface area contributed by atoms with E-state index in [9.17, 15) is 0 Å². The second kappa shape index (κ2) is 7.17. The maximum Gasteiger partial charge on any atom is 0.159 e. The minimum absolute atomic E-state index is 0.726. The summed E-state index contributed by atoms with van der Waals surface area (Å²) >= 11 is 0. The van der Waals surface area contributed by atoms with Crippen molar-refractivity contribution in [2.24, 2.45) is 0 Å². The molecule has 4 nitrogen and oxygen atoms in total. The minimum Gasteiger partial charge on any atom is -0.308 e. The normalized spacial score (nSPS) is 12.2. The lowest BCUT2D eigenvalue weighted by Gasteiger charge is -2.15. The molecule has 9 aromatic rings. The van der Waals surface area contributed by atoms with Gasteiger partial charge in [0.05, 0.1) is 45.2 Å². The van der Waals surface area contributed by atoms with Crippen molar-refractivity contribution in [3.8, 4) is 28.3 Å². The van der Waals surface area contributed by atoms with Crippen LogP contribution in [0.4, 0.5) is 0 Å². The highest BCUT2D eigenvalue weighted by Crippen LogP contribution is 2.46. The Kier molecular flexibility index (Phi) is 3.76. The maximum absolute atomic E-state index is 5.15. The second-order valence-electron chi connectivity index (χ2n) is 9.87. The molecule has 0 aliphatic heterocycles. The number of aromatic nitrogens is 4. The third-order valence-corrected chi connectivity index (χ3v) is 7.90. The molecule has 0 fully saturated rings. The van der Waals surface area contributed by atoms with Gasteiger partial charge in [-0.05, 0) is 24.3 Å².